The second kappa shape index (κ2) is 4.26. The van der Waals surface area contributed by atoms with Gasteiger partial charge in [-0.2, -0.15) is 0 Å². The van der Waals surface area contributed by atoms with Gasteiger partial charge in [0.15, 0.2) is 0 Å². The Balaban J connectivity index is 2.34. The van der Waals surface area contributed by atoms with Crippen LogP contribution in [0, 0.1) is 17.5 Å². The Morgan fingerprint density at radius 2 is 1.44 bits per heavy atom. The lowest BCUT2D eigenvalue weighted by molar-refractivity contribution is 0.602. The lowest BCUT2D eigenvalue weighted by Crippen LogP contribution is -1.96. The highest BCUT2D eigenvalue weighted by Gasteiger charge is 2.06. The summed E-state index contributed by atoms with van der Waals surface area (Å²) in [6.07, 6.45) is 0. The van der Waals surface area contributed by atoms with E-state index in [0.717, 1.165) is 18.2 Å². The Morgan fingerprint density at radius 3 is 2.19 bits per heavy atom. The third-order valence-corrected chi connectivity index (χ3v) is 2.07. The van der Waals surface area contributed by atoms with Crippen LogP contribution in [0.4, 0.5) is 24.5 Å². The Bertz CT molecular complexity index is 511. The molecule has 0 spiro atoms. The molecule has 2 aromatic carbocycles. The number of hydrogen-bond acceptors (Lipinski definition) is 1. The molecule has 1 N–H and O–H groups in total. The van der Waals surface area contributed by atoms with E-state index in [1.807, 2.05) is 0 Å². The quantitative estimate of drug-likeness (QED) is 0.815. The number of para-hydroxylation sites is 1. The molecule has 2 aromatic rings. The van der Waals surface area contributed by atoms with Crippen molar-refractivity contribution in [3.63, 3.8) is 0 Å². The minimum absolute atomic E-state index is 0.0925. The number of hydrogen-bond donors (Lipinski definition) is 1. The van der Waals surface area contributed by atoms with Gasteiger partial charge in [0.1, 0.15) is 17.5 Å². The molecule has 4 heteroatoms. The maximum Gasteiger partial charge on any atom is 0.146 e. The van der Waals surface area contributed by atoms with Crippen molar-refractivity contribution in [2.45, 2.75) is 0 Å². The summed E-state index contributed by atoms with van der Waals surface area (Å²) in [7, 11) is 0. The molecule has 82 valence electrons. The molecular formula is C12H8F3N. The van der Waals surface area contributed by atoms with Gasteiger partial charge in [-0.05, 0) is 24.3 Å². The van der Waals surface area contributed by atoms with Crippen molar-refractivity contribution in [1.29, 1.82) is 0 Å². The summed E-state index contributed by atoms with van der Waals surface area (Å²) in [6.45, 7) is 0. The first kappa shape index (κ1) is 10.5. The van der Waals surface area contributed by atoms with E-state index in [9.17, 15) is 13.2 Å². The topological polar surface area (TPSA) is 12.0 Å². The molecule has 2 rings (SSSR count). The van der Waals surface area contributed by atoms with Crippen LogP contribution < -0.4 is 5.32 Å². The summed E-state index contributed by atoms with van der Waals surface area (Å²) in [5.41, 5.74) is 0.0112. The molecule has 0 aromatic heterocycles. The Kier molecular flexibility index (Phi) is 2.81. The lowest BCUT2D eigenvalue weighted by atomic mass is 10.2. The van der Waals surface area contributed by atoms with Crippen molar-refractivity contribution in [2.24, 2.45) is 0 Å². The average molecular weight is 223 g/mol. The van der Waals surface area contributed by atoms with Crippen molar-refractivity contribution in [3.8, 4) is 0 Å². The highest BCUT2D eigenvalue weighted by atomic mass is 19.1. The van der Waals surface area contributed by atoms with E-state index in [1.165, 1.54) is 18.2 Å². The second-order valence-corrected chi connectivity index (χ2v) is 3.23. The predicted octanol–water partition coefficient (Wildman–Crippen LogP) is 3.85. The Morgan fingerprint density at radius 1 is 0.750 bits per heavy atom. The van der Waals surface area contributed by atoms with E-state index in [2.05, 4.69) is 5.32 Å². The van der Waals surface area contributed by atoms with E-state index >= 15 is 0 Å². The van der Waals surface area contributed by atoms with E-state index in [1.54, 1.807) is 6.07 Å². The largest absolute Gasteiger partial charge is 0.351 e. The summed E-state index contributed by atoms with van der Waals surface area (Å²) in [5, 5.41) is 2.49. The normalized spacial score (nSPS) is 10.2. The first-order chi connectivity index (χ1) is 7.66. The van der Waals surface area contributed by atoms with Gasteiger partial charge in [-0.3, -0.25) is 0 Å². The molecule has 0 saturated carbocycles. The van der Waals surface area contributed by atoms with Crippen molar-refractivity contribution < 1.29 is 13.2 Å². The highest BCUT2D eigenvalue weighted by molar-refractivity contribution is 5.60. The molecule has 1 nitrogen and oxygen atoms in total. The van der Waals surface area contributed by atoms with Gasteiger partial charge >= 0.3 is 0 Å². The lowest BCUT2D eigenvalue weighted by Gasteiger charge is -2.08. The molecule has 0 atom stereocenters. The monoisotopic (exact) mass is 223 g/mol. The van der Waals surface area contributed by atoms with E-state index in [0.29, 0.717) is 0 Å². The maximum atomic E-state index is 13.2. The van der Waals surface area contributed by atoms with Gasteiger partial charge in [-0.1, -0.05) is 12.1 Å². The number of anilines is 2. The zero-order valence-electron chi connectivity index (χ0n) is 8.18. The average Bonchev–Trinajstić information content (AvgIpc) is 2.27. The number of halogens is 3. The van der Waals surface area contributed by atoms with Crippen LogP contribution in [0.5, 0.6) is 0 Å². The summed E-state index contributed by atoms with van der Waals surface area (Å²) in [6, 6.07) is 8.76. The van der Waals surface area contributed by atoms with Gasteiger partial charge in [-0.25, -0.2) is 13.2 Å². The Hall–Kier alpha value is -1.97. The third kappa shape index (κ3) is 2.16. The molecule has 0 heterocycles. The van der Waals surface area contributed by atoms with Gasteiger partial charge in [0, 0.05) is 6.07 Å². The fraction of sp³-hybridized carbons (Fsp3) is 0. The molecule has 0 aliphatic heterocycles. The molecule has 0 amide bonds. The smallest absolute Gasteiger partial charge is 0.146 e. The van der Waals surface area contributed by atoms with Crippen molar-refractivity contribution in [3.05, 3.63) is 59.9 Å². The van der Waals surface area contributed by atoms with Gasteiger partial charge in [-0.15, -0.1) is 0 Å². The molecule has 0 radical (unpaired) electrons. The Labute approximate surface area is 90.5 Å². The van der Waals surface area contributed by atoms with Gasteiger partial charge in [0.2, 0.25) is 0 Å². The van der Waals surface area contributed by atoms with Crippen LogP contribution in [-0.4, -0.2) is 0 Å². The van der Waals surface area contributed by atoms with Crippen LogP contribution in [-0.2, 0) is 0 Å². The standard InChI is InChI=1S/C12H8F3N/c13-8-5-6-10(15)12(7-8)16-11-4-2-1-3-9(11)14/h1-7,16H. The zero-order chi connectivity index (χ0) is 11.5. The van der Waals surface area contributed by atoms with Gasteiger partial charge in [0.05, 0.1) is 11.4 Å². The van der Waals surface area contributed by atoms with Crippen molar-refractivity contribution in [2.75, 3.05) is 5.32 Å². The van der Waals surface area contributed by atoms with Gasteiger partial charge < -0.3 is 5.32 Å². The molecule has 0 fully saturated rings. The number of nitrogens with one attached hydrogen (secondary N) is 1. The van der Waals surface area contributed by atoms with Crippen molar-refractivity contribution >= 4 is 11.4 Å². The first-order valence-electron chi connectivity index (χ1n) is 4.63. The maximum absolute atomic E-state index is 13.2. The molecule has 0 saturated heterocycles. The minimum atomic E-state index is -0.635. The van der Waals surface area contributed by atoms with Crippen LogP contribution in [0.3, 0.4) is 0 Å². The molecule has 0 aliphatic carbocycles. The fourth-order valence-electron chi connectivity index (χ4n) is 1.30. The van der Waals surface area contributed by atoms with Crippen LogP contribution in [0.25, 0.3) is 0 Å². The summed E-state index contributed by atoms with van der Waals surface area (Å²) in [5.74, 6) is -1.74. The van der Waals surface area contributed by atoms with Crippen LogP contribution in [0.2, 0.25) is 0 Å². The van der Waals surface area contributed by atoms with Crippen LogP contribution in [0.1, 0.15) is 0 Å². The zero-order valence-corrected chi connectivity index (χ0v) is 8.18. The third-order valence-electron chi connectivity index (χ3n) is 2.07. The summed E-state index contributed by atoms with van der Waals surface area (Å²) >= 11 is 0. The van der Waals surface area contributed by atoms with Crippen molar-refractivity contribution in [1.82, 2.24) is 0 Å². The summed E-state index contributed by atoms with van der Waals surface area (Å²) < 4.78 is 39.3. The van der Waals surface area contributed by atoms with Crippen LogP contribution >= 0.6 is 0 Å². The predicted molar refractivity (Wildman–Crippen MR) is 56.0 cm³/mol. The SMILES string of the molecule is Fc1ccc(F)c(Nc2ccccc2F)c1. The van der Waals surface area contributed by atoms with E-state index in [-0.39, 0.29) is 11.4 Å². The minimum Gasteiger partial charge on any atom is -0.351 e. The molecule has 0 aliphatic rings. The molecular weight excluding hydrogens is 215 g/mol. The number of rotatable bonds is 2. The van der Waals surface area contributed by atoms with Crippen LogP contribution in [0.15, 0.2) is 42.5 Å². The molecule has 0 unspecified atom stereocenters. The summed E-state index contributed by atoms with van der Waals surface area (Å²) in [4.78, 5) is 0. The van der Waals surface area contributed by atoms with E-state index in [4.69, 9.17) is 0 Å². The second-order valence-electron chi connectivity index (χ2n) is 3.23. The molecule has 16 heavy (non-hydrogen) atoms. The number of benzene rings is 2. The first-order valence-corrected chi connectivity index (χ1v) is 4.63. The molecule has 0 bridgehead atoms. The van der Waals surface area contributed by atoms with Gasteiger partial charge in [0.25, 0.3) is 0 Å². The highest BCUT2D eigenvalue weighted by Crippen LogP contribution is 2.22. The van der Waals surface area contributed by atoms with E-state index < -0.39 is 17.5 Å². The fourth-order valence-corrected chi connectivity index (χ4v) is 1.30.